The Morgan fingerprint density at radius 2 is 2.00 bits per heavy atom. The number of carboxylic acids is 1. The molecule has 56 valence electrons. The van der Waals surface area contributed by atoms with Crippen molar-refractivity contribution in [1.82, 2.24) is 0 Å². The Labute approximate surface area is 73.4 Å². The van der Waals surface area contributed by atoms with Crippen LogP contribution in [0.25, 0.3) is 0 Å². The molecule has 0 fully saturated rings. The fourth-order valence-electron chi connectivity index (χ4n) is 0.204. The largest absolute Gasteiger partial charge is 0.478 e. The summed E-state index contributed by atoms with van der Waals surface area (Å²) in [5.41, 5.74) is 0. The summed E-state index contributed by atoms with van der Waals surface area (Å²) in [5.74, 6) is -2.01. The van der Waals surface area contributed by atoms with Crippen LogP contribution in [-0.2, 0) is 13.4 Å². The number of aliphatic carboxylic acids is 1. The first-order valence-electron chi connectivity index (χ1n) is 2.01. The van der Waals surface area contributed by atoms with Crippen LogP contribution < -0.4 is 0 Å². The van der Waals surface area contributed by atoms with Gasteiger partial charge in [0.15, 0.2) is 16.3 Å². The lowest BCUT2D eigenvalue weighted by Crippen LogP contribution is -1.98. The van der Waals surface area contributed by atoms with Crippen molar-refractivity contribution in [3.8, 4) is 0 Å². The Balaban J connectivity index is 4.19. The minimum Gasteiger partial charge on any atom is -0.478 e. The molecule has 0 aromatic carbocycles. The zero-order valence-electron chi connectivity index (χ0n) is 4.51. The molecule has 0 bridgehead atoms. The summed E-state index contributed by atoms with van der Waals surface area (Å²) in [6.07, 6.45) is 0.684. The summed E-state index contributed by atoms with van der Waals surface area (Å²) < 4.78 is 3.85. The third kappa shape index (κ3) is 3.62. The molecule has 0 saturated heterocycles. The maximum atomic E-state index is 10.4. The molecule has 0 heterocycles. The zero-order chi connectivity index (χ0) is 8.15. The van der Waals surface area contributed by atoms with Crippen molar-refractivity contribution in [2.45, 2.75) is 0 Å². The van der Waals surface area contributed by atoms with E-state index in [1.165, 1.54) is 0 Å². The molecular formula is C4H2Br2O4. The van der Waals surface area contributed by atoms with Crippen LogP contribution in [0, 0.1) is 0 Å². The predicted octanol–water partition coefficient (Wildman–Crippen LogP) is 1.20. The van der Waals surface area contributed by atoms with E-state index < -0.39 is 11.9 Å². The quantitative estimate of drug-likeness (QED) is 0.768. The average Bonchev–Trinajstić information content (AvgIpc) is 1.85. The molecule has 0 spiro atoms. The molecule has 0 aromatic heterocycles. The van der Waals surface area contributed by atoms with Gasteiger partial charge in [0.25, 0.3) is 0 Å². The SMILES string of the molecule is O=C(O)C=C(Br)C(=O)OBr. The molecule has 0 saturated carbocycles. The second-order valence-corrected chi connectivity index (χ2v) is 2.37. The van der Waals surface area contributed by atoms with Crippen LogP contribution in [0.3, 0.4) is 0 Å². The van der Waals surface area contributed by atoms with Gasteiger partial charge in [-0.05, 0) is 15.9 Å². The van der Waals surface area contributed by atoms with Crippen molar-refractivity contribution in [3.63, 3.8) is 0 Å². The highest BCUT2D eigenvalue weighted by Gasteiger charge is 2.07. The van der Waals surface area contributed by atoms with E-state index in [4.69, 9.17) is 5.11 Å². The lowest BCUT2D eigenvalue weighted by atomic mass is 10.5. The van der Waals surface area contributed by atoms with Crippen LogP contribution in [0.2, 0.25) is 0 Å². The Morgan fingerprint density at radius 1 is 1.50 bits per heavy atom. The van der Waals surface area contributed by atoms with E-state index in [1.54, 1.807) is 0 Å². The topological polar surface area (TPSA) is 63.6 Å². The van der Waals surface area contributed by atoms with Gasteiger partial charge in [0.2, 0.25) is 0 Å². The Bertz CT molecular complexity index is 186. The summed E-state index contributed by atoms with van der Waals surface area (Å²) >= 11 is 5.07. The van der Waals surface area contributed by atoms with E-state index in [9.17, 15) is 9.59 Å². The molecule has 0 aromatic rings. The number of hydrogen-bond acceptors (Lipinski definition) is 3. The van der Waals surface area contributed by atoms with Crippen LogP contribution in [-0.4, -0.2) is 17.0 Å². The summed E-state index contributed by atoms with van der Waals surface area (Å²) in [5, 5.41) is 8.10. The molecule has 6 heteroatoms. The smallest absolute Gasteiger partial charge is 0.356 e. The number of halogens is 2. The number of rotatable bonds is 2. The second-order valence-electron chi connectivity index (χ2n) is 1.20. The summed E-state index contributed by atoms with van der Waals surface area (Å²) in [4.78, 5) is 20.3. The van der Waals surface area contributed by atoms with Crippen molar-refractivity contribution >= 4 is 44.1 Å². The number of carbonyl (C=O) groups excluding carboxylic acids is 1. The van der Waals surface area contributed by atoms with E-state index >= 15 is 0 Å². The highest BCUT2D eigenvalue weighted by molar-refractivity contribution is 9.12. The third-order valence-corrected chi connectivity index (χ3v) is 1.36. The summed E-state index contributed by atoms with van der Waals surface area (Å²) in [7, 11) is 0. The standard InChI is InChI=1S/C4H2Br2O4/c5-2(1-3(7)8)4(9)10-6/h1H,(H,7,8). The fraction of sp³-hybridized carbons (Fsp3) is 0. The molecule has 10 heavy (non-hydrogen) atoms. The zero-order valence-corrected chi connectivity index (χ0v) is 7.68. The van der Waals surface area contributed by atoms with Gasteiger partial charge in [0.1, 0.15) is 4.48 Å². The number of hydrogen-bond donors (Lipinski definition) is 1. The normalized spacial score (nSPS) is 10.8. The van der Waals surface area contributed by atoms with Crippen molar-refractivity contribution in [2.75, 3.05) is 0 Å². The van der Waals surface area contributed by atoms with Gasteiger partial charge < -0.3 is 8.93 Å². The van der Waals surface area contributed by atoms with Crippen molar-refractivity contribution in [1.29, 1.82) is 0 Å². The Kier molecular flexibility index (Phi) is 4.29. The van der Waals surface area contributed by atoms with Crippen LogP contribution in [0.5, 0.6) is 0 Å². The molecule has 0 aliphatic carbocycles. The summed E-state index contributed by atoms with van der Waals surface area (Å²) in [6.45, 7) is 0. The molecule has 4 nitrogen and oxygen atoms in total. The highest BCUT2D eigenvalue weighted by atomic mass is 79.9. The van der Waals surface area contributed by atoms with Gasteiger partial charge in [-0.3, -0.25) is 0 Å². The van der Waals surface area contributed by atoms with E-state index in [0.29, 0.717) is 6.08 Å². The number of carboxylic acid groups (broad SMARTS) is 1. The Hall–Kier alpha value is -0.360. The van der Waals surface area contributed by atoms with Crippen LogP contribution in [0.4, 0.5) is 0 Å². The number of carbonyl (C=O) groups is 2. The maximum Gasteiger partial charge on any atom is 0.356 e. The monoisotopic (exact) mass is 272 g/mol. The van der Waals surface area contributed by atoms with Crippen molar-refractivity contribution < 1.29 is 18.5 Å². The molecule has 0 rings (SSSR count). The third-order valence-electron chi connectivity index (χ3n) is 0.515. The molecular weight excluding hydrogens is 272 g/mol. The first-order chi connectivity index (χ1) is 4.57. The van der Waals surface area contributed by atoms with E-state index in [1.807, 2.05) is 0 Å². The first-order valence-corrected chi connectivity index (χ1v) is 3.45. The molecule has 0 aliphatic rings. The van der Waals surface area contributed by atoms with Crippen LogP contribution in [0.15, 0.2) is 10.6 Å². The maximum absolute atomic E-state index is 10.4. The fourth-order valence-corrected chi connectivity index (χ4v) is 0.873. The van der Waals surface area contributed by atoms with Crippen LogP contribution >= 0.6 is 32.2 Å². The van der Waals surface area contributed by atoms with Gasteiger partial charge in [-0.15, -0.1) is 0 Å². The average molecular weight is 274 g/mol. The van der Waals surface area contributed by atoms with E-state index in [2.05, 4.69) is 36.0 Å². The van der Waals surface area contributed by atoms with Gasteiger partial charge in [0, 0.05) is 6.08 Å². The molecule has 0 amide bonds. The van der Waals surface area contributed by atoms with E-state index in [0.717, 1.165) is 0 Å². The highest BCUT2D eigenvalue weighted by Crippen LogP contribution is 2.08. The van der Waals surface area contributed by atoms with Gasteiger partial charge in [0.05, 0.1) is 0 Å². The molecule has 1 N–H and O–H groups in total. The summed E-state index contributed by atoms with van der Waals surface area (Å²) in [6, 6.07) is 0. The van der Waals surface area contributed by atoms with Crippen molar-refractivity contribution in [2.24, 2.45) is 0 Å². The van der Waals surface area contributed by atoms with E-state index in [-0.39, 0.29) is 4.48 Å². The van der Waals surface area contributed by atoms with Gasteiger partial charge >= 0.3 is 11.9 Å². The minimum atomic E-state index is -1.22. The van der Waals surface area contributed by atoms with Gasteiger partial charge in [-0.25, -0.2) is 9.59 Å². The van der Waals surface area contributed by atoms with Gasteiger partial charge in [-0.1, -0.05) is 0 Å². The predicted molar refractivity (Wildman–Crippen MR) is 39.7 cm³/mol. The van der Waals surface area contributed by atoms with Crippen LogP contribution in [0.1, 0.15) is 0 Å². The lowest BCUT2D eigenvalue weighted by Gasteiger charge is -1.89. The molecule has 0 aliphatic heterocycles. The molecule has 0 atom stereocenters. The van der Waals surface area contributed by atoms with Gasteiger partial charge in [-0.2, -0.15) is 0 Å². The molecule has 0 radical (unpaired) electrons. The Morgan fingerprint density at radius 3 is 2.30 bits per heavy atom. The van der Waals surface area contributed by atoms with Crippen molar-refractivity contribution in [3.05, 3.63) is 10.6 Å². The first kappa shape index (κ1) is 9.64. The molecule has 0 unspecified atom stereocenters. The minimum absolute atomic E-state index is 0.156. The second kappa shape index (κ2) is 4.45. The lowest BCUT2D eigenvalue weighted by molar-refractivity contribution is -0.132.